The van der Waals surface area contributed by atoms with Crippen molar-refractivity contribution in [2.75, 3.05) is 19.6 Å². The van der Waals surface area contributed by atoms with E-state index in [2.05, 4.69) is 16.9 Å². The number of ketones is 1. The number of hydrogen-bond donors (Lipinski definition) is 0. The monoisotopic (exact) mass is 207 g/mol. The van der Waals surface area contributed by atoms with Crippen molar-refractivity contribution in [3.8, 4) is 0 Å². The molecule has 0 radical (unpaired) electrons. The molecular formula is C11H17N3O. The molecule has 1 atom stereocenters. The number of carbonyl (C=O) groups excluding carboxylic acids is 1. The standard InChI is InChI=1S/C11H17N3O/c1-3-13-7-5-10(8-13)14-11(9(2)15)4-6-12-14/h4,6,10H,3,5,7-8H2,1-2H3. The van der Waals surface area contributed by atoms with Gasteiger partial charge in [0, 0.05) is 26.2 Å². The largest absolute Gasteiger partial charge is 0.301 e. The van der Waals surface area contributed by atoms with Gasteiger partial charge in [0.05, 0.1) is 6.04 Å². The second kappa shape index (κ2) is 4.14. The van der Waals surface area contributed by atoms with Gasteiger partial charge in [-0.3, -0.25) is 9.48 Å². The van der Waals surface area contributed by atoms with E-state index < -0.39 is 0 Å². The number of likely N-dealkylation sites (tertiary alicyclic amines) is 1. The first kappa shape index (κ1) is 10.4. The van der Waals surface area contributed by atoms with E-state index in [-0.39, 0.29) is 5.78 Å². The molecule has 0 aromatic carbocycles. The molecule has 1 aliphatic heterocycles. The minimum Gasteiger partial charge on any atom is -0.301 e. The number of Topliss-reactive ketones (excluding diaryl/α,β-unsaturated/α-hetero) is 1. The highest BCUT2D eigenvalue weighted by molar-refractivity contribution is 5.92. The van der Waals surface area contributed by atoms with Crippen LogP contribution in [-0.4, -0.2) is 40.1 Å². The highest BCUT2D eigenvalue weighted by Gasteiger charge is 2.25. The molecule has 0 spiro atoms. The third-order valence-electron chi connectivity index (χ3n) is 3.07. The molecule has 15 heavy (non-hydrogen) atoms. The van der Waals surface area contributed by atoms with Crippen molar-refractivity contribution in [1.29, 1.82) is 0 Å². The molecule has 0 bridgehead atoms. The summed E-state index contributed by atoms with van der Waals surface area (Å²) in [7, 11) is 0. The predicted molar refractivity (Wildman–Crippen MR) is 58.0 cm³/mol. The van der Waals surface area contributed by atoms with Gasteiger partial charge in [-0.1, -0.05) is 6.92 Å². The van der Waals surface area contributed by atoms with Crippen LogP contribution in [0.25, 0.3) is 0 Å². The number of likely N-dealkylation sites (N-methyl/N-ethyl adjacent to an activating group) is 1. The highest BCUT2D eigenvalue weighted by atomic mass is 16.1. The van der Waals surface area contributed by atoms with Crippen molar-refractivity contribution in [2.45, 2.75) is 26.3 Å². The third-order valence-corrected chi connectivity index (χ3v) is 3.07. The van der Waals surface area contributed by atoms with Gasteiger partial charge in [0.1, 0.15) is 5.69 Å². The summed E-state index contributed by atoms with van der Waals surface area (Å²) in [6.45, 7) is 6.96. The molecule has 4 heteroatoms. The molecule has 1 aromatic rings. The molecule has 1 aromatic heterocycles. The first-order valence-electron chi connectivity index (χ1n) is 5.49. The Morgan fingerprint density at radius 3 is 3.07 bits per heavy atom. The molecule has 1 saturated heterocycles. The van der Waals surface area contributed by atoms with Gasteiger partial charge in [0.2, 0.25) is 0 Å². The first-order chi connectivity index (χ1) is 7.22. The average molecular weight is 207 g/mol. The Hall–Kier alpha value is -1.16. The third kappa shape index (κ3) is 1.95. The first-order valence-corrected chi connectivity index (χ1v) is 5.49. The van der Waals surface area contributed by atoms with Gasteiger partial charge in [-0.2, -0.15) is 5.10 Å². The fraction of sp³-hybridized carbons (Fsp3) is 0.636. The summed E-state index contributed by atoms with van der Waals surface area (Å²) in [4.78, 5) is 13.7. The Kier molecular flexibility index (Phi) is 2.86. The summed E-state index contributed by atoms with van der Waals surface area (Å²) in [6.07, 6.45) is 2.81. The summed E-state index contributed by atoms with van der Waals surface area (Å²) < 4.78 is 1.89. The fourth-order valence-electron chi connectivity index (χ4n) is 2.18. The molecule has 1 fully saturated rings. The molecule has 0 amide bonds. The van der Waals surface area contributed by atoms with Crippen LogP contribution in [0, 0.1) is 0 Å². The van der Waals surface area contributed by atoms with Crippen molar-refractivity contribution < 1.29 is 4.79 Å². The van der Waals surface area contributed by atoms with Gasteiger partial charge < -0.3 is 4.90 Å². The van der Waals surface area contributed by atoms with E-state index in [1.54, 1.807) is 19.2 Å². The Labute approximate surface area is 89.9 Å². The molecule has 82 valence electrons. The Morgan fingerprint density at radius 2 is 2.47 bits per heavy atom. The Balaban J connectivity index is 2.16. The smallest absolute Gasteiger partial charge is 0.177 e. The van der Waals surface area contributed by atoms with E-state index in [0.29, 0.717) is 6.04 Å². The number of hydrogen-bond acceptors (Lipinski definition) is 3. The second-order valence-electron chi connectivity index (χ2n) is 4.05. The maximum absolute atomic E-state index is 11.4. The van der Waals surface area contributed by atoms with Crippen LogP contribution in [0.5, 0.6) is 0 Å². The topological polar surface area (TPSA) is 38.1 Å². The summed E-state index contributed by atoms with van der Waals surface area (Å²) in [5.74, 6) is 0.0995. The van der Waals surface area contributed by atoms with Gasteiger partial charge in [-0.15, -0.1) is 0 Å². The molecule has 2 heterocycles. The quantitative estimate of drug-likeness (QED) is 0.702. The van der Waals surface area contributed by atoms with Crippen LogP contribution >= 0.6 is 0 Å². The van der Waals surface area contributed by atoms with Crippen molar-refractivity contribution in [1.82, 2.24) is 14.7 Å². The van der Waals surface area contributed by atoms with Crippen LogP contribution < -0.4 is 0 Å². The zero-order valence-corrected chi connectivity index (χ0v) is 9.31. The van der Waals surface area contributed by atoms with E-state index in [4.69, 9.17) is 0 Å². The maximum atomic E-state index is 11.4. The van der Waals surface area contributed by atoms with E-state index in [1.807, 2.05) is 4.68 Å². The lowest BCUT2D eigenvalue weighted by atomic mass is 10.2. The number of nitrogens with zero attached hydrogens (tertiary/aromatic N) is 3. The number of aromatic nitrogens is 2. The highest BCUT2D eigenvalue weighted by Crippen LogP contribution is 2.22. The zero-order valence-electron chi connectivity index (χ0n) is 9.31. The number of rotatable bonds is 3. The van der Waals surface area contributed by atoms with E-state index in [9.17, 15) is 4.79 Å². The van der Waals surface area contributed by atoms with Gasteiger partial charge in [0.15, 0.2) is 5.78 Å². The summed E-state index contributed by atoms with van der Waals surface area (Å²) in [6, 6.07) is 2.18. The lowest BCUT2D eigenvalue weighted by molar-refractivity contribution is 0.100. The fourth-order valence-corrected chi connectivity index (χ4v) is 2.18. The molecule has 0 aliphatic carbocycles. The van der Waals surface area contributed by atoms with Crippen molar-refractivity contribution >= 4 is 5.78 Å². The molecule has 1 aliphatic rings. The van der Waals surface area contributed by atoms with Crippen molar-refractivity contribution in [2.24, 2.45) is 0 Å². The Bertz CT molecular complexity index is 358. The maximum Gasteiger partial charge on any atom is 0.177 e. The van der Waals surface area contributed by atoms with Gasteiger partial charge in [-0.25, -0.2) is 0 Å². The minimum absolute atomic E-state index is 0.0995. The second-order valence-corrected chi connectivity index (χ2v) is 4.05. The summed E-state index contributed by atoms with van der Waals surface area (Å²) in [5, 5.41) is 4.26. The van der Waals surface area contributed by atoms with Crippen LogP contribution in [0.3, 0.4) is 0 Å². The SMILES string of the molecule is CCN1CCC(n2nccc2C(C)=O)C1. The normalized spacial score (nSPS) is 22.1. The lowest BCUT2D eigenvalue weighted by Gasteiger charge is -2.15. The van der Waals surface area contributed by atoms with Crippen molar-refractivity contribution in [3.05, 3.63) is 18.0 Å². The molecule has 0 N–H and O–H groups in total. The number of carbonyl (C=O) groups is 1. The van der Waals surface area contributed by atoms with Crippen LogP contribution in [0.2, 0.25) is 0 Å². The summed E-state index contributed by atoms with van der Waals surface area (Å²) >= 11 is 0. The van der Waals surface area contributed by atoms with Gasteiger partial charge in [-0.05, 0) is 19.0 Å². The molecule has 0 saturated carbocycles. The van der Waals surface area contributed by atoms with Crippen molar-refractivity contribution in [3.63, 3.8) is 0 Å². The van der Waals surface area contributed by atoms with Crippen LogP contribution in [-0.2, 0) is 0 Å². The predicted octanol–water partition coefficient (Wildman–Crippen LogP) is 1.35. The molecule has 4 nitrogen and oxygen atoms in total. The van der Waals surface area contributed by atoms with Crippen LogP contribution in [0.1, 0.15) is 36.8 Å². The average Bonchev–Trinajstić information content (AvgIpc) is 2.85. The van der Waals surface area contributed by atoms with Gasteiger partial charge >= 0.3 is 0 Å². The van der Waals surface area contributed by atoms with E-state index in [1.165, 1.54) is 0 Å². The van der Waals surface area contributed by atoms with E-state index >= 15 is 0 Å². The summed E-state index contributed by atoms with van der Waals surface area (Å²) in [5.41, 5.74) is 0.734. The molecule has 2 rings (SSSR count). The van der Waals surface area contributed by atoms with Crippen LogP contribution in [0.4, 0.5) is 0 Å². The van der Waals surface area contributed by atoms with Crippen LogP contribution in [0.15, 0.2) is 12.3 Å². The van der Waals surface area contributed by atoms with Gasteiger partial charge in [0.25, 0.3) is 0 Å². The lowest BCUT2D eigenvalue weighted by Crippen LogP contribution is -2.22. The minimum atomic E-state index is 0.0995. The van der Waals surface area contributed by atoms with E-state index in [0.717, 1.165) is 31.7 Å². The molecular weight excluding hydrogens is 190 g/mol. The Morgan fingerprint density at radius 1 is 1.67 bits per heavy atom. The zero-order chi connectivity index (χ0) is 10.8. The molecule has 1 unspecified atom stereocenters.